The van der Waals surface area contributed by atoms with E-state index in [1.807, 2.05) is 26.8 Å². The fourth-order valence-corrected chi connectivity index (χ4v) is 4.99. The lowest BCUT2D eigenvalue weighted by Crippen LogP contribution is -2.29. The molecule has 5 rings (SSSR count). The van der Waals surface area contributed by atoms with E-state index in [0.29, 0.717) is 21.3 Å². The summed E-state index contributed by atoms with van der Waals surface area (Å²) in [4.78, 5) is 27.9. The molecule has 2 aromatic carbocycles. The maximum Gasteiger partial charge on any atom is 0.276 e. The Morgan fingerprint density at radius 2 is 1.71 bits per heavy atom. The summed E-state index contributed by atoms with van der Waals surface area (Å²) < 4.78 is 29.3. The fourth-order valence-electron chi connectivity index (χ4n) is 4.99. The van der Waals surface area contributed by atoms with Gasteiger partial charge < -0.3 is 20.9 Å². The first kappa shape index (κ1) is 25.6. The van der Waals surface area contributed by atoms with Gasteiger partial charge in [0.2, 0.25) is 0 Å². The van der Waals surface area contributed by atoms with Gasteiger partial charge in [0, 0.05) is 42.2 Å². The lowest BCUT2D eigenvalue weighted by molar-refractivity contribution is 0.102. The predicted octanol–water partition coefficient (Wildman–Crippen LogP) is 4.96. The quantitative estimate of drug-likeness (QED) is 0.399. The molecule has 0 unspecified atom stereocenters. The maximum atomic E-state index is 14.4. The summed E-state index contributed by atoms with van der Waals surface area (Å²) in [5.74, 6) is -2.59. The molecule has 2 fully saturated rings. The Kier molecular flexibility index (Phi) is 6.28. The van der Waals surface area contributed by atoms with Gasteiger partial charge in [0.05, 0.1) is 11.4 Å². The van der Waals surface area contributed by atoms with Crippen LogP contribution in [0, 0.1) is 22.5 Å². The molecule has 1 aliphatic carbocycles. The number of hydrogen-bond donors (Lipinski definition) is 3. The maximum absolute atomic E-state index is 14.4. The summed E-state index contributed by atoms with van der Waals surface area (Å²) in [6.45, 7) is 7.74. The number of amides is 1. The number of carbonyl (C=O) groups excluding carboxylic acids is 1. The van der Waals surface area contributed by atoms with Crippen molar-refractivity contribution in [3.63, 3.8) is 0 Å². The van der Waals surface area contributed by atoms with Crippen LogP contribution in [0.4, 0.5) is 25.8 Å². The van der Waals surface area contributed by atoms with E-state index in [1.54, 1.807) is 6.07 Å². The molecule has 2 heterocycles. The zero-order chi connectivity index (χ0) is 27.2. The highest BCUT2D eigenvalue weighted by Crippen LogP contribution is 2.54. The van der Waals surface area contributed by atoms with Crippen molar-refractivity contribution in [2.45, 2.75) is 45.6 Å². The smallest absolute Gasteiger partial charge is 0.276 e. The molecular formula is C28H30F2N6O2. The number of anilines is 3. The van der Waals surface area contributed by atoms with Crippen LogP contribution in [0.2, 0.25) is 0 Å². The largest absolute Gasteiger partial charge is 0.380 e. The van der Waals surface area contributed by atoms with Gasteiger partial charge in [-0.15, -0.1) is 0 Å². The van der Waals surface area contributed by atoms with Crippen LogP contribution in [0.15, 0.2) is 47.3 Å². The van der Waals surface area contributed by atoms with E-state index in [1.165, 1.54) is 31.2 Å². The first-order valence-corrected chi connectivity index (χ1v) is 12.6. The molecule has 3 aromatic rings. The minimum atomic E-state index is -0.972. The normalized spacial score (nSPS) is 16.0. The van der Waals surface area contributed by atoms with Crippen molar-refractivity contribution in [1.82, 2.24) is 9.78 Å². The summed E-state index contributed by atoms with van der Waals surface area (Å²) in [5.41, 5.74) is 1.09. The molecule has 0 atom stereocenters. The first-order chi connectivity index (χ1) is 18.0. The van der Waals surface area contributed by atoms with Crippen LogP contribution >= 0.6 is 0 Å². The van der Waals surface area contributed by atoms with Crippen molar-refractivity contribution >= 4 is 29.2 Å². The van der Waals surface area contributed by atoms with E-state index in [2.05, 4.69) is 20.6 Å². The average molecular weight is 521 g/mol. The standard InChI is InChI=1S/C28H30F2N6O2/c1-27(2,3)33-20-7-8-21(24(17(20)15-31)35-14-13-28(16-35)11-12-28)32-26(38)22-9-10-23(37)36(34-22)25-18(29)5-4-6-19(25)30/h4-10,15,31,33H,11-14,16H2,1-3H3,(H,32,38). The molecule has 8 nitrogen and oxygen atoms in total. The van der Waals surface area contributed by atoms with Gasteiger partial charge in [-0.25, -0.2) is 8.78 Å². The molecule has 198 valence electrons. The minimum Gasteiger partial charge on any atom is -0.380 e. The third-order valence-electron chi connectivity index (χ3n) is 7.01. The van der Waals surface area contributed by atoms with Gasteiger partial charge in [-0.1, -0.05) is 6.07 Å². The van der Waals surface area contributed by atoms with E-state index in [-0.39, 0.29) is 11.2 Å². The van der Waals surface area contributed by atoms with Crippen LogP contribution in [-0.2, 0) is 0 Å². The van der Waals surface area contributed by atoms with Crippen LogP contribution in [0.5, 0.6) is 0 Å². The molecule has 2 aliphatic rings. The van der Waals surface area contributed by atoms with E-state index in [4.69, 9.17) is 5.41 Å². The first-order valence-electron chi connectivity index (χ1n) is 12.6. The Balaban J connectivity index is 1.53. The molecule has 3 N–H and O–H groups in total. The van der Waals surface area contributed by atoms with Gasteiger partial charge >= 0.3 is 0 Å². The summed E-state index contributed by atoms with van der Waals surface area (Å²) >= 11 is 0. The lowest BCUT2D eigenvalue weighted by atomic mass is 10.0. The summed E-state index contributed by atoms with van der Waals surface area (Å²) in [7, 11) is 0. The van der Waals surface area contributed by atoms with Crippen molar-refractivity contribution in [2.75, 3.05) is 28.6 Å². The second-order valence-electron chi connectivity index (χ2n) is 11.1. The van der Waals surface area contributed by atoms with Gasteiger partial charge in [-0.05, 0) is 75.8 Å². The van der Waals surface area contributed by atoms with Crippen LogP contribution in [0.25, 0.3) is 5.69 Å². The van der Waals surface area contributed by atoms with Gasteiger partial charge in [0.25, 0.3) is 11.5 Å². The molecule has 1 aromatic heterocycles. The molecule has 1 saturated heterocycles. The van der Waals surface area contributed by atoms with Crippen molar-refractivity contribution in [1.29, 1.82) is 5.41 Å². The number of nitrogens with zero attached hydrogens (tertiary/aromatic N) is 3. The Morgan fingerprint density at radius 1 is 1.03 bits per heavy atom. The molecule has 1 spiro atoms. The van der Waals surface area contributed by atoms with Gasteiger partial charge in [-0.2, -0.15) is 9.78 Å². The van der Waals surface area contributed by atoms with Crippen molar-refractivity contribution in [3.05, 3.63) is 75.7 Å². The van der Waals surface area contributed by atoms with E-state index in [9.17, 15) is 18.4 Å². The molecule has 1 amide bonds. The second kappa shape index (κ2) is 9.34. The molecular weight excluding hydrogens is 490 g/mol. The SMILES string of the molecule is CC(C)(C)Nc1ccc(NC(=O)c2ccc(=O)n(-c3c(F)cccc3F)n2)c(N2CCC3(CC3)C2)c1C=N. The number of nitrogens with one attached hydrogen (secondary N) is 3. The Bertz CT molecular complexity index is 1470. The van der Waals surface area contributed by atoms with Crippen molar-refractivity contribution < 1.29 is 13.6 Å². The number of para-hydroxylation sites is 1. The summed E-state index contributed by atoms with van der Waals surface area (Å²) in [6, 6.07) is 9.07. The van der Waals surface area contributed by atoms with Crippen LogP contribution in [0.3, 0.4) is 0 Å². The molecule has 1 aliphatic heterocycles. The minimum absolute atomic E-state index is 0.188. The third-order valence-corrected chi connectivity index (χ3v) is 7.01. The molecule has 0 radical (unpaired) electrons. The number of carbonyl (C=O) groups is 1. The average Bonchev–Trinajstić information content (AvgIpc) is 3.48. The number of aromatic nitrogens is 2. The molecule has 38 heavy (non-hydrogen) atoms. The number of rotatable bonds is 6. The van der Waals surface area contributed by atoms with E-state index >= 15 is 0 Å². The second-order valence-corrected chi connectivity index (χ2v) is 11.1. The molecule has 1 saturated carbocycles. The Labute approximate surface area is 219 Å². The highest BCUT2D eigenvalue weighted by Gasteiger charge is 2.48. The van der Waals surface area contributed by atoms with Crippen molar-refractivity contribution in [2.24, 2.45) is 5.41 Å². The molecule has 0 bridgehead atoms. The Morgan fingerprint density at radius 3 is 2.32 bits per heavy atom. The van der Waals surface area contributed by atoms with Crippen LogP contribution < -0.4 is 21.1 Å². The van der Waals surface area contributed by atoms with Crippen LogP contribution in [0.1, 0.15) is 56.1 Å². The van der Waals surface area contributed by atoms with Gasteiger partial charge in [0.15, 0.2) is 11.6 Å². The monoisotopic (exact) mass is 520 g/mol. The number of halogens is 2. The highest BCUT2D eigenvalue weighted by atomic mass is 19.1. The Hall–Kier alpha value is -4.08. The topological polar surface area (TPSA) is 103 Å². The van der Waals surface area contributed by atoms with Crippen LogP contribution in [-0.4, -0.2) is 40.5 Å². The van der Waals surface area contributed by atoms with Gasteiger partial charge in [-0.3, -0.25) is 9.59 Å². The van der Waals surface area contributed by atoms with E-state index in [0.717, 1.165) is 49.1 Å². The zero-order valence-electron chi connectivity index (χ0n) is 21.6. The number of benzene rings is 2. The number of hydrogen-bond acceptors (Lipinski definition) is 6. The molecule has 10 heteroatoms. The summed E-state index contributed by atoms with van der Waals surface area (Å²) in [6.07, 6.45) is 4.68. The predicted molar refractivity (Wildman–Crippen MR) is 144 cm³/mol. The fraction of sp³-hybridized carbons (Fsp3) is 0.357. The summed E-state index contributed by atoms with van der Waals surface area (Å²) in [5, 5.41) is 18.5. The van der Waals surface area contributed by atoms with E-state index < -0.39 is 28.8 Å². The van der Waals surface area contributed by atoms with Gasteiger partial charge in [0.1, 0.15) is 11.4 Å². The third kappa shape index (κ3) is 4.90. The lowest BCUT2D eigenvalue weighted by Gasteiger charge is -2.29. The van der Waals surface area contributed by atoms with Crippen molar-refractivity contribution in [3.8, 4) is 5.69 Å². The zero-order valence-corrected chi connectivity index (χ0v) is 21.6. The highest BCUT2D eigenvalue weighted by molar-refractivity contribution is 6.08.